The summed E-state index contributed by atoms with van der Waals surface area (Å²) in [6.07, 6.45) is 3.19. The highest BCUT2D eigenvalue weighted by molar-refractivity contribution is 9.10. The van der Waals surface area contributed by atoms with Crippen LogP contribution in [0.4, 0.5) is 14.5 Å². The second kappa shape index (κ2) is 5.18. The Labute approximate surface area is 105 Å². The summed E-state index contributed by atoms with van der Waals surface area (Å²) in [5.74, 6) is -0.758. The predicted molar refractivity (Wildman–Crippen MR) is 63.4 cm³/mol. The van der Waals surface area contributed by atoms with Gasteiger partial charge in [-0.2, -0.15) is 0 Å². The molecule has 0 bridgehead atoms. The first-order valence-corrected chi connectivity index (χ1v) is 5.60. The van der Waals surface area contributed by atoms with Gasteiger partial charge in [-0.3, -0.25) is 0 Å². The number of nitrogens with zero attached hydrogens (tertiary/aromatic N) is 2. The number of benzene rings is 1. The third kappa shape index (κ3) is 2.97. The van der Waals surface area contributed by atoms with Crippen molar-refractivity contribution >= 4 is 21.6 Å². The normalized spacial score (nSPS) is 10.3. The second-order valence-corrected chi connectivity index (χ2v) is 4.12. The smallest absolute Gasteiger partial charge is 0.150 e. The first-order chi connectivity index (χ1) is 8.16. The maximum absolute atomic E-state index is 13.4. The lowest BCUT2D eigenvalue weighted by molar-refractivity contribution is 0.583. The molecule has 0 radical (unpaired) electrons. The Morgan fingerprint density at radius 1 is 1.18 bits per heavy atom. The van der Waals surface area contributed by atoms with Crippen molar-refractivity contribution in [2.24, 2.45) is 0 Å². The molecule has 0 saturated heterocycles. The highest BCUT2D eigenvalue weighted by atomic mass is 79.9. The fraction of sp³-hybridized carbons (Fsp3) is 0.0909. The fourth-order valence-electron chi connectivity index (χ4n) is 1.30. The van der Waals surface area contributed by atoms with Crippen LogP contribution in [0.25, 0.3) is 0 Å². The van der Waals surface area contributed by atoms with Crippen LogP contribution >= 0.6 is 15.9 Å². The first kappa shape index (κ1) is 11.9. The molecule has 88 valence electrons. The first-order valence-electron chi connectivity index (χ1n) is 4.81. The number of nitrogens with one attached hydrogen (secondary N) is 1. The zero-order valence-corrected chi connectivity index (χ0v) is 10.2. The molecule has 2 rings (SSSR count). The van der Waals surface area contributed by atoms with Gasteiger partial charge in [0.15, 0.2) is 0 Å². The number of aromatic nitrogens is 2. The van der Waals surface area contributed by atoms with Crippen LogP contribution in [0.1, 0.15) is 5.82 Å². The van der Waals surface area contributed by atoms with Crippen molar-refractivity contribution in [2.75, 3.05) is 5.32 Å². The highest BCUT2D eigenvalue weighted by Gasteiger charge is 2.09. The maximum atomic E-state index is 13.4. The summed E-state index contributed by atoms with van der Waals surface area (Å²) in [6.45, 7) is 0.266. The van der Waals surface area contributed by atoms with Crippen molar-refractivity contribution in [3.05, 3.63) is 52.5 Å². The molecule has 2 aromatic rings. The molecule has 0 saturated carbocycles. The van der Waals surface area contributed by atoms with Crippen molar-refractivity contribution in [1.29, 1.82) is 0 Å². The summed E-state index contributed by atoms with van der Waals surface area (Å²) in [7, 11) is 0. The van der Waals surface area contributed by atoms with Crippen LogP contribution in [0.3, 0.4) is 0 Å². The molecule has 0 unspecified atom stereocenters. The van der Waals surface area contributed by atoms with Crippen LogP contribution in [0.5, 0.6) is 0 Å². The van der Waals surface area contributed by atoms with E-state index in [1.807, 2.05) is 0 Å². The molecule has 0 aliphatic heterocycles. The van der Waals surface area contributed by atoms with Crippen molar-refractivity contribution in [2.45, 2.75) is 6.54 Å². The van der Waals surface area contributed by atoms with Gasteiger partial charge in [-0.05, 0) is 28.1 Å². The zero-order chi connectivity index (χ0) is 12.3. The molecular weight excluding hydrogens is 292 g/mol. The minimum atomic E-state index is -0.659. The summed E-state index contributed by atoms with van der Waals surface area (Å²) in [6, 6.07) is 3.70. The van der Waals surface area contributed by atoms with Gasteiger partial charge in [0.2, 0.25) is 0 Å². The molecule has 0 amide bonds. The Morgan fingerprint density at radius 3 is 2.53 bits per heavy atom. The van der Waals surface area contributed by atoms with Crippen molar-refractivity contribution in [3.63, 3.8) is 0 Å². The van der Waals surface area contributed by atoms with Gasteiger partial charge in [-0.1, -0.05) is 0 Å². The number of rotatable bonds is 3. The van der Waals surface area contributed by atoms with E-state index in [1.54, 1.807) is 18.5 Å². The SMILES string of the molecule is Fc1cc(F)c(NCc2ncccn2)c(Br)c1. The lowest BCUT2D eigenvalue weighted by Gasteiger charge is -2.08. The van der Waals surface area contributed by atoms with Crippen molar-refractivity contribution < 1.29 is 8.78 Å². The lowest BCUT2D eigenvalue weighted by Crippen LogP contribution is -2.05. The quantitative estimate of drug-likeness (QED) is 0.946. The standard InChI is InChI=1S/C11H8BrF2N3/c12-8-4-7(13)5-9(14)11(8)17-6-10-15-2-1-3-16-10/h1-5,17H,6H2. The van der Waals surface area contributed by atoms with E-state index in [1.165, 1.54) is 6.07 Å². The van der Waals surface area contributed by atoms with E-state index in [-0.39, 0.29) is 12.2 Å². The summed E-state index contributed by atoms with van der Waals surface area (Å²) < 4.78 is 26.6. The molecule has 0 fully saturated rings. The summed E-state index contributed by atoms with van der Waals surface area (Å²) in [5, 5.41) is 2.81. The summed E-state index contributed by atoms with van der Waals surface area (Å²) >= 11 is 3.09. The van der Waals surface area contributed by atoms with Crippen LogP contribution in [0.15, 0.2) is 35.1 Å². The minimum absolute atomic E-state index is 0.193. The average Bonchev–Trinajstić information content (AvgIpc) is 2.29. The Bertz CT molecular complexity index is 496. The van der Waals surface area contributed by atoms with Gasteiger partial charge in [0.1, 0.15) is 17.5 Å². The Kier molecular flexibility index (Phi) is 3.63. The number of hydrogen-bond acceptors (Lipinski definition) is 3. The lowest BCUT2D eigenvalue weighted by atomic mass is 10.3. The van der Waals surface area contributed by atoms with Crippen LogP contribution in [0, 0.1) is 11.6 Å². The van der Waals surface area contributed by atoms with Gasteiger partial charge in [0.25, 0.3) is 0 Å². The highest BCUT2D eigenvalue weighted by Crippen LogP contribution is 2.26. The van der Waals surface area contributed by atoms with Crippen molar-refractivity contribution in [1.82, 2.24) is 9.97 Å². The second-order valence-electron chi connectivity index (χ2n) is 3.26. The van der Waals surface area contributed by atoms with E-state index in [4.69, 9.17) is 0 Å². The molecule has 1 N–H and O–H groups in total. The largest absolute Gasteiger partial charge is 0.374 e. The molecule has 1 heterocycles. The van der Waals surface area contributed by atoms with Gasteiger partial charge in [-0.15, -0.1) is 0 Å². The zero-order valence-electron chi connectivity index (χ0n) is 8.62. The fourth-order valence-corrected chi connectivity index (χ4v) is 1.85. The van der Waals surface area contributed by atoms with Crippen LogP contribution in [-0.2, 0) is 6.54 Å². The van der Waals surface area contributed by atoms with Gasteiger partial charge >= 0.3 is 0 Å². The molecule has 1 aromatic heterocycles. The summed E-state index contributed by atoms with van der Waals surface area (Å²) in [5.41, 5.74) is 0.193. The van der Waals surface area contributed by atoms with Gasteiger partial charge in [0.05, 0.1) is 12.2 Å². The maximum Gasteiger partial charge on any atom is 0.150 e. The predicted octanol–water partition coefficient (Wildman–Crippen LogP) is 3.13. The topological polar surface area (TPSA) is 37.8 Å². The molecule has 0 aliphatic rings. The molecule has 3 nitrogen and oxygen atoms in total. The average molecular weight is 300 g/mol. The molecule has 17 heavy (non-hydrogen) atoms. The van der Waals surface area contributed by atoms with E-state index in [9.17, 15) is 8.78 Å². The third-order valence-corrected chi connectivity index (χ3v) is 2.67. The van der Waals surface area contributed by atoms with E-state index < -0.39 is 11.6 Å². The van der Waals surface area contributed by atoms with E-state index in [2.05, 4.69) is 31.2 Å². The van der Waals surface area contributed by atoms with E-state index in [0.717, 1.165) is 6.07 Å². The Hall–Kier alpha value is -1.56. The van der Waals surface area contributed by atoms with Crippen LogP contribution in [-0.4, -0.2) is 9.97 Å². The number of anilines is 1. The summed E-state index contributed by atoms with van der Waals surface area (Å²) in [4.78, 5) is 7.97. The Morgan fingerprint density at radius 2 is 1.88 bits per heavy atom. The third-order valence-electron chi connectivity index (χ3n) is 2.05. The minimum Gasteiger partial charge on any atom is -0.374 e. The Balaban J connectivity index is 2.15. The monoisotopic (exact) mass is 299 g/mol. The van der Waals surface area contributed by atoms with Crippen molar-refractivity contribution in [3.8, 4) is 0 Å². The molecular formula is C11H8BrF2N3. The van der Waals surface area contributed by atoms with Crippen LogP contribution < -0.4 is 5.32 Å². The number of hydrogen-bond donors (Lipinski definition) is 1. The molecule has 1 aromatic carbocycles. The molecule has 6 heteroatoms. The van der Waals surface area contributed by atoms with E-state index >= 15 is 0 Å². The van der Waals surface area contributed by atoms with Gasteiger partial charge < -0.3 is 5.32 Å². The molecule has 0 spiro atoms. The van der Waals surface area contributed by atoms with Gasteiger partial charge in [-0.25, -0.2) is 18.7 Å². The van der Waals surface area contributed by atoms with Gasteiger partial charge in [0, 0.05) is 22.9 Å². The molecule has 0 atom stereocenters. The van der Waals surface area contributed by atoms with Crippen LogP contribution in [0.2, 0.25) is 0 Å². The number of halogens is 3. The molecule has 0 aliphatic carbocycles. The van der Waals surface area contributed by atoms with E-state index in [0.29, 0.717) is 10.3 Å².